The molecular formula is C8H19LiOSi. The summed E-state index contributed by atoms with van der Waals surface area (Å²) in [4.78, 5) is 0. The Morgan fingerprint density at radius 2 is 1.91 bits per heavy atom. The summed E-state index contributed by atoms with van der Waals surface area (Å²) in [5.74, 6) is 0. The van der Waals surface area contributed by atoms with Crippen LogP contribution in [0.2, 0.25) is 19.6 Å². The first kappa shape index (κ1) is 11.8. The zero-order chi connectivity index (χ0) is 7.61. The van der Waals surface area contributed by atoms with Crippen LogP contribution in [0.4, 0.5) is 0 Å². The molecule has 0 bridgehead atoms. The van der Waals surface area contributed by atoms with Gasteiger partial charge in [0.1, 0.15) is 0 Å². The maximum atomic E-state index is 5.70. The fourth-order valence-corrected chi connectivity index (χ4v) is 3.11. The first-order valence-electron chi connectivity index (χ1n) is 4.22. The van der Waals surface area contributed by atoms with Gasteiger partial charge in [-0.1, -0.05) is 19.6 Å². The molecule has 0 aromatic carbocycles. The second-order valence-electron chi connectivity index (χ2n) is 4.22. The third-order valence-corrected chi connectivity index (χ3v) is 4.53. The molecule has 1 fully saturated rings. The van der Waals surface area contributed by atoms with Crippen molar-refractivity contribution in [3.05, 3.63) is 0 Å². The van der Waals surface area contributed by atoms with E-state index < -0.39 is 8.07 Å². The standard InChI is InChI=1S/C8H18OSi.Li.H/c1-10(2,3)8-6-4-5-7-9-8;;/h8H,4-7H2,1-3H3;;/q;+1;-1. The molecule has 0 aliphatic carbocycles. The zero-order valence-electron chi connectivity index (χ0n) is 9.31. The van der Waals surface area contributed by atoms with Gasteiger partial charge in [-0.3, -0.25) is 0 Å². The third kappa shape index (κ3) is 3.80. The van der Waals surface area contributed by atoms with Gasteiger partial charge in [0.15, 0.2) is 0 Å². The van der Waals surface area contributed by atoms with Crippen LogP contribution in [0.1, 0.15) is 20.7 Å². The van der Waals surface area contributed by atoms with Crippen LogP contribution in [0.15, 0.2) is 0 Å². The summed E-state index contributed by atoms with van der Waals surface area (Å²) in [6, 6.07) is 0. The number of hydrogen-bond donors (Lipinski definition) is 0. The summed E-state index contributed by atoms with van der Waals surface area (Å²) in [7, 11) is -0.979. The maximum Gasteiger partial charge on any atom is 1.00 e. The molecule has 0 aromatic rings. The summed E-state index contributed by atoms with van der Waals surface area (Å²) in [5.41, 5.74) is 0.640. The molecule has 1 aliphatic rings. The van der Waals surface area contributed by atoms with Crippen molar-refractivity contribution in [2.75, 3.05) is 6.61 Å². The Balaban J connectivity index is 0. The van der Waals surface area contributed by atoms with Crippen LogP contribution < -0.4 is 18.9 Å². The molecule has 0 radical (unpaired) electrons. The van der Waals surface area contributed by atoms with Crippen LogP contribution in [-0.4, -0.2) is 20.4 Å². The van der Waals surface area contributed by atoms with Crippen LogP contribution >= 0.6 is 0 Å². The van der Waals surface area contributed by atoms with Crippen molar-refractivity contribution < 1.29 is 25.0 Å². The van der Waals surface area contributed by atoms with Gasteiger partial charge < -0.3 is 6.16 Å². The average Bonchev–Trinajstić information content (AvgIpc) is 1.88. The van der Waals surface area contributed by atoms with E-state index in [9.17, 15) is 0 Å². The fourth-order valence-electron chi connectivity index (χ4n) is 1.42. The molecule has 1 unspecified atom stereocenters. The first-order valence-corrected chi connectivity index (χ1v) is 7.80. The molecule has 1 aliphatic heterocycles. The van der Waals surface area contributed by atoms with Gasteiger partial charge in [0.05, 0.1) is 8.07 Å². The largest absolute Gasteiger partial charge is 1.00 e. The molecule has 1 saturated heterocycles. The van der Waals surface area contributed by atoms with Gasteiger partial charge in [-0.25, -0.2) is 0 Å². The smallest absolute Gasteiger partial charge is 1.00 e. The number of ether oxygens (including phenoxy) is 1. The van der Waals surface area contributed by atoms with Gasteiger partial charge in [0, 0.05) is 12.3 Å². The summed E-state index contributed by atoms with van der Waals surface area (Å²) in [6.45, 7) is 8.18. The van der Waals surface area contributed by atoms with Crippen molar-refractivity contribution in [3.8, 4) is 0 Å². The van der Waals surface area contributed by atoms with Gasteiger partial charge in [-0.05, 0) is 19.3 Å². The minimum Gasteiger partial charge on any atom is -1.00 e. The van der Waals surface area contributed by atoms with Gasteiger partial charge in [-0.2, -0.15) is 0 Å². The van der Waals surface area contributed by atoms with Crippen LogP contribution in [-0.2, 0) is 4.74 Å². The van der Waals surface area contributed by atoms with E-state index in [1.807, 2.05) is 0 Å². The predicted molar refractivity (Wildman–Crippen MR) is 48.0 cm³/mol. The van der Waals surface area contributed by atoms with Crippen molar-refractivity contribution in [2.24, 2.45) is 0 Å². The molecular weight excluding hydrogens is 147 g/mol. The van der Waals surface area contributed by atoms with E-state index in [0.29, 0.717) is 5.73 Å². The Morgan fingerprint density at radius 3 is 2.18 bits per heavy atom. The summed E-state index contributed by atoms with van der Waals surface area (Å²) in [5, 5.41) is 0. The summed E-state index contributed by atoms with van der Waals surface area (Å²) < 4.78 is 5.70. The molecule has 1 nitrogen and oxygen atoms in total. The van der Waals surface area contributed by atoms with Crippen molar-refractivity contribution in [1.29, 1.82) is 0 Å². The molecule has 3 heteroatoms. The quantitative estimate of drug-likeness (QED) is 0.479. The van der Waals surface area contributed by atoms with Gasteiger partial charge >= 0.3 is 18.9 Å². The second-order valence-corrected chi connectivity index (χ2v) is 9.60. The van der Waals surface area contributed by atoms with Crippen molar-refractivity contribution in [2.45, 2.75) is 44.6 Å². The predicted octanol–water partition coefficient (Wildman–Crippen LogP) is -0.451. The van der Waals surface area contributed by atoms with Gasteiger partial charge in [0.2, 0.25) is 0 Å². The molecule has 0 N–H and O–H groups in total. The Labute approximate surface area is 84.6 Å². The fraction of sp³-hybridized carbons (Fsp3) is 1.00. The van der Waals surface area contributed by atoms with E-state index >= 15 is 0 Å². The second kappa shape index (κ2) is 4.72. The topological polar surface area (TPSA) is 9.23 Å². The van der Waals surface area contributed by atoms with Crippen molar-refractivity contribution >= 4 is 8.07 Å². The Hall–Kier alpha value is 0.774. The van der Waals surface area contributed by atoms with E-state index in [1.165, 1.54) is 19.3 Å². The monoisotopic (exact) mass is 166 g/mol. The minimum atomic E-state index is -0.979. The van der Waals surface area contributed by atoms with Crippen LogP contribution in [0.25, 0.3) is 0 Å². The van der Waals surface area contributed by atoms with E-state index in [0.717, 1.165) is 6.61 Å². The number of rotatable bonds is 1. The Bertz CT molecular complexity index is 110. The molecule has 62 valence electrons. The molecule has 0 saturated carbocycles. The van der Waals surface area contributed by atoms with Gasteiger partial charge in [-0.15, -0.1) is 0 Å². The molecule has 0 aromatic heterocycles. The third-order valence-electron chi connectivity index (χ3n) is 2.15. The van der Waals surface area contributed by atoms with E-state index in [-0.39, 0.29) is 20.3 Å². The number of hydrogen-bond acceptors (Lipinski definition) is 1. The summed E-state index contributed by atoms with van der Waals surface area (Å²) >= 11 is 0. The molecule has 1 heterocycles. The van der Waals surface area contributed by atoms with E-state index in [4.69, 9.17) is 4.74 Å². The molecule has 0 spiro atoms. The van der Waals surface area contributed by atoms with Crippen LogP contribution in [0, 0.1) is 0 Å². The van der Waals surface area contributed by atoms with Crippen LogP contribution in [0.3, 0.4) is 0 Å². The first-order chi connectivity index (χ1) is 4.61. The molecule has 11 heavy (non-hydrogen) atoms. The Morgan fingerprint density at radius 1 is 1.27 bits per heavy atom. The van der Waals surface area contributed by atoms with Crippen molar-refractivity contribution in [1.82, 2.24) is 0 Å². The van der Waals surface area contributed by atoms with Gasteiger partial charge in [0.25, 0.3) is 0 Å². The molecule has 0 amide bonds. The van der Waals surface area contributed by atoms with Crippen LogP contribution in [0.5, 0.6) is 0 Å². The molecule has 1 rings (SSSR count). The van der Waals surface area contributed by atoms with Crippen molar-refractivity contribution in [3.63, 3.8) is 0 Å². The van der Waals surface area contributed by atoms with E-state index in [2.05, 4.69) is 19.6 Å². The average molecular weight is 166 g/mol. The molecule has 1 atom stereocenters. The SMILES string of the molecule is C[Si](C)(C)C1CCCCO1.[H-].[Li+]. The van der Waals surface area contributed by atoms with E-state index in [1.54, 1.807) is 0 Å². The Kier molecular flexibility index (Phi) is 5.05. The maximum absolute atomic E-state index is 5.70. The minimum absolute atomic E-state index is 0. The normalized spacial score (nSPS) is 25.9. The summed E-state index contributed by atoms with van der Waals surface area (Å²) in [6.07, 6.45) is 3.98. The zero-order valence-corrected chi connectivity index (χ0v) is 9.31.